The van der Waals surface area contributed by atoms with Gasteiger partial charge < -0.3 is 9.64 Å². The Labute approximate surface area is 173 Å². The molecule has 1 fully saturated rings. The van der Waals surface area contributed by atoms with Crippen molar-refractivity contribution in [1.82, 2.24) is 14.6 Å². The second kappa shape index (κ2) is 8.14. The van der Waals surface area contributed by atoms with Crippen LogP contribution in [0.5, 0.6) is 0 Å². The molecular weight excluding hydrogens is 382 g/mol. The van der Waals surface area contributed by atoms with Crippen molar-refractivity contribution in [3.8, 4) is 11.3 Å². The number of anilines is 1. The number of benzene rings is 1. The van der Waals surface area contributed by atoms with Crippen LogP contribution in [-0.2, 0) is 11.3 Å². The van der Waals surface area contributed by atoms with E-state index < -0.39 is 0 Å². The maximum absolute atomic E-state index is 5.53. The molecule has 0 aliphatic carbocycles. The molecule has 29 heavy (non-hydrogen) atoms. The largest absolute Gasteiger partial charge is 0.378 e. The first-order chi connectivity index (χ1) is 14.4. The molecule has 0 spiro atoms. The topological polar surface area (TPSA) is 55.0 Å². The Bertz CT molecular complexity index is 1120. The molecule has 4 heterocycles. The summed E-state index contributed by atoms with van der Waals surface area (Å²) < 4.78 is 7.48. The molecular formula is C22H21N5OS. The molecule has 0 N–H and O–H groups in total. The second-order valence-corrected chi connectivity index (χ2v) is 7.84. The minimum atomic E-state index is 0.539. The smallest absolute Gasteiger partial charge is 0.158 e. The van der Waals surface area contributed by atoms with Gasteiger partial charge in [0.25, 0.3) is 0 Å². The van der Waals surface area contributed by atoms with Gasteiger partial charge in [-0.25, -0.2) is 4.98 Å². The molecule has 1 aliphatic rings. The van der Waals surface area contributed by atoms with E-state index in [9.17, 15) is 0 Å². The van der Waals surface area contributed by atoms with Gasteiger partial charge in [-0.1, -0.05) is 36.4 Å². The van der Waals surface area contributed by atoms with Crippen LogP contribution in [0.3, 0.4) is 0 Å². The lowest BCUT2D eigenvalue weighted by molar-refractivity contribution is 0.122. The quantitative estimate of drug-likeness (QED) is 0.474. The number of thiophene rings is 1. The zero-order valence-corrected chi connectivity index (χ0v) is 16.8. The predicted molar refractivity (Wildman–Crippen MR) is 117 cm³/mol. The van der Waals surface area contributed by atoms with Gasteiger partial charge in [-0.15, -0.1) is 11.3 Å². The van der Waals surface area contributed by atoms with Gasteiger partial charge in [0.1, 0.15) is 5.82 Å². The lowest BCUT2D eigenvalue weighted by Crippen LogP contribution is -2.37. The van der Waals surface area contributed by atoms with Gasteiger partial charge >= 0.3 is 0 Å². The molecule has 4 aromatic rings. The number of rotatable bonds is 5. The first-order valence-corrected chi connectivity index (χ1v) is 10.6. The number of hydrogen-bond acceptors (Lipinski definition) is 6. The van der Waals surface area contributed by atoms with E-state index in [1.54, 1.807) is 11.3 Å². The van der Waals surface area contributed by atoms with E-state index in [0.717, 1.165) is 59.6 Å². The number of ether oxygens (including phenoxy) is 1. The molecule has 0 radical (unpaired) electrons. The molecule has 0 unspecified atom stereocenters. The molecule has 1 aromatic carbocycles. The normalized spacial score (nSPS) is 14.8. The van der Waals surface area contributed by atoms with E-state index in [0.29, 0.717) is 6.54 Å². The zero-order valence-electron chi connectivity index (χ0n) is 15.9. The maximum atomic E-state index is 5.53. The van der Waals surface area contributed by atoms with Gasteiger partial charge in [-0.2, -0.15) is 9.61 Å². The maximum Gasteiger partial charge on any atom is 0.158 e. The van der Waals surface area contributed by atoms with Crippen molar-refractivity contribution in [1.29, 1.82) is 0 Å². The highest BCUT2D eigenvalue weighted by Crippen LogP contribution is 2.24. The van der Waals surface area contributed by atoms with Gasteiger partial charge in [0.2, 0.25) is 0 Å². The Morgan fingerprint density at radius 1 is 1.07 bits per heavy atom. The number of nitrogens with zero attached hydrogens (tertiary/aromatic N) is 5. The fourth-order valence-corrected chi connectivity index (χ4v) is 4.06. The first-order valence-electron chi connectivity index (χ1n) is 9.68. The third kappa shape index (κ3) is 3.92. The van der Waals surface area contributed by atoms with E-state index in [1.807, 2.05) is 41.1 Å². The van der Waals surface area contributed by atoms with Crippen molar-refractivity contribution in [3.63, 3.8) is 0 Å². The van der Waals surface area contributed by atoms with Crippen LogP contribution in [0.25, 0.3) is 16.9 Å². The van der Waals surface area contributed by atoms with E-state index in [4.69, 9.17) is 14.8 Å². The fraction of sp³-hybridized carbons (Fsp3) is 0.227. The van der Waals surface area contributed by atoms with E-state index >= 15 is 0 Å². The van der Waals surface area contributed by atoms with Crippen LogP contribution in [0.4, 0.5) is 5.82 Å². The zero-order chi connectivity index (χ0) is 19.5. The molecule has 7 heteroatoms. The highest BCUT2D eigenvalue weighted by Gasteiger charge is 2.18. The van der Waals surface area contributed by atoms with Crippen molar-refractivity contribution < 1.29 is 4.74 Å². The number of fused-ring (bicyclic) bond motifs is 1. The van der Waals surface area contributed by atoms with Crippen molar-refractivity contribution >= 4 is 29.0 Å². The average Bonchev–Trinajstić information content (AvgIpc) is 3.44. The van der Waals surface area contributed by atoms with Crippen molar-refractivity contribution in [2.45, 2.75) is 6.54 Å². The molecule has 3 aromatic heterocycles. The van der Waals surface area contributed by atoms with E-state index in [2.05, 4.69) is 39.5 Å². The minimum absolute atomic E-state index is 0.539. The van der Waals surface area contributed by atoms with Gasteiger partial charge in [0, 0.05) is 41.9 Å². The Morgan fingerprint density at radius 2 is 1.93 bits per heavy atom. The highest BCUT2D eigenvalue weighted by molar-refractivity contribution is 7.11. The Hall–Kier alpha value is -3.03. The first kappa shape index (κ1) is 18.0. The van der Waals surface area contributed by atoms with E-state index in [-0.39, 0.29) is 0 Å². The summed E-state index contributed by atoms with van der Waals surface area (Å²) in [7, 11) is 0. The van der Waals surface area contributed by atoms with Crippen LogP contribution in [0.2, 0.25) is 0 Å². The minimum Gasteiger partial charge on any atom is -0.378 e. The summed E-state index contributed by atoms with van der Waals surface area (Å²) >= 11 is 1.68. The molecule has 0 saturated carbocycles. The molecule has 0 atom stereocenters. The SMILES string of the molecule is C(=NCc1cc(N2CCOCC2)n2nc(-c3ccccc3)cc2n1)c1cccs1. The van der Waals surface area contributed by atoms with Gasteiger partial charge in [-0.05, 0) is 11.4 Å². The number of aliphatic imine (C=N–C) groups is 1. The molecule has 0 bridgehead atoms. The Balaban J connectivity index is 1.53. The van der Waals surface area contributed by atoms with Crippen molar-refractivity contribution in [2.75, 3.05) is 31.2 Å². The average molecular weight is 404 g/mol. The predicted octanol–water partition coefficient (Wildman–Crippen LogP) is 3.91. The van der Waals surface area contributed by atoms with Crippen molar-refractivity contribution in [3.05, 3.63) is 70.5 Å². The van der Waals surface area contributed by atoms with Crippen LogP contribution < -0.4 is 4.90 Å². The molecule has 6 nitrogen and oxygen atoms in total. The standard InChI is InChI=1S/C22H21N5OS/c1-2-5-17(6-3-1)20-14-21-24-18(15-23-16-19-7-4-12-29-19)13-22(27(21)25-20)26-8-10-28-11-9-26/h1-7,12-14,16H,8-11,15H2. The Kier molecular flexibility index (Phi) is 5.06. The molecule has 5 rings (SSSR count). The number of hydrogen-bond donors (Lipinski definition) is 0. The van der Waals surface area contributed by atoms with Crippen molar-refractivity contribution in [2.24, 2.45) is 4.99 Å². The molecule has 0 amide bonds. The summed E-state index contributed by atoms with van der Waals surface area (Å²) in [5, 5.41) is 6.91. The summed E-state index contributed by atoms with van der Waals surface area (Å²) in [5.74, 6) is 1.04. The number of aromatic nitrogens is 3. The van der Waals surface area contributed by atoms with Crippen LogP contribution in [-0.4, -0.2) is 47.1 Å². The van der Waals surface area contributed by atoms with Gasteiger partial charge in [-0.3, -0.25) is 4.99 Å². The van der Waals surface area contributed by atoms with Crippen LogP contribution in [0, 0.1) is 0 Å². The molecule has 1 aliphatic heterocycles. The van der Waals surface area contributed by atoms with E-state index in [1.165, 1.54) is 0 Å². The fourth-order valence-electron chi connectivity index (χ4n) is 3.45. The summed E-state index contributed by atoms with van der Waals surface area (Å²) in [6.07, 6.45) is 1.91. The molecule has 1 saturated heterocycles. The second-order valence-electron chi connectivity index (χ2n) is 6.86. The Morgan fingerprint density at radius 3 is 2.72 bits per heavy atom. The summed E-state index contributed by atoms with van der Waals surface area (Å²) in [4.78, 5) is 12.9. The lowest BCUT2D eigenvalue weighted by atomic mass is 10.2. The molecule has 146 valence electrons. The van der Waals surface area contributed by atoms with Crippen LogP contribution >= 0.6 is 11.3 Å². The third-order valence-electron chi connectivity index (χ3n) is 4.88. The van der Waals surface area contributed by atoms with Crippen LogP contribution in [0.15, 0.2) is 65.0 Å². The summed E-state index contributed by atoms with van der Waals surface area (Å²) in [6, 6.07) is 18.5. The summed E-state index contributed by atoms with van der Waals surface area (Å²) in [5.41, 5.74) is 3.79. The van der Waals surface area contributed by atoms with Gasteiger partial charge in [0.15, 0.2) is 5.65 Å². The summed E-state index contributed by atoms with van der Waals surface area (Å²) in [6.45, 7) is 3.68. The van der Waals surface area contributed by atoms with Gasteiger partial charge in [0.05, 0.1) is 31.1 Å². The highest BCUT2D eigenvalue weighted by atomic mass is 32.1. The lowest BCUT2D eigenvalue weighted by Gasteiger charge is -2.29. The van der Waals surface area contributed by atoms with Crippen LogP contribution in [0.1, 0.15) is 10.6 Å². The third-order valence-corrected chi connectivity index (χ3v) is 5.69. The monoisotopic (exact) mass is 403 g/mol. The number of morpholine rings is 1.